The molecule has 3 rings (SSSR count). The van der Waals surface area contributed by atoms with Crippen molar-refractivity contribution < 1.29 is 4.74 Å². The van der Waals surface area contributed by atoms with Crippen LogP contribution in [0.5, 0.6) is 5.75 Å². The van der Waals surface area contributed by atoms with Crippen LogP contribution >= 0.6 is 0 Å². The second-order valence-corrected chi connectivity index (χ2v) is 5.78. The van der Waals surface area contributed by atoms with E-state index in [1.807, 2.05) is 30.1 Å². The van der Waals surface area contributed by atoms with Crippen molar-refractivity contribution in [2.75, 3.05) is 7.11 Å². The van der Waals surface area contributed by atoms with Crippen LogP contribution in [0.4, 0.5) is 0 Å². The lowest BCUT2D eigenvalue weighted by Crippen LogP contribution is -2.27. The molecule has 0 fully saturated rings. The molecule has 2 aromatic rings. The predicted octanol–water partition coefficient (Wildman–Crippen LogP) is 3.16. The lowest BCUT2D eigenvalue weighted by Gasteiger charge is -2.27. The van der Waals surface area contributed by atoms with Crippen LogP contribution in [0.15, 0.2) is 30.5 Å². The topological polar surface area (TPSA) is 39.1 Å². The number of nitrogens with one attached hydrogen (secondary N) is 1. The first-order valence-electron chi connectivity index (χ1n) is 7.60. The molecule has 21 heavy (non-hydrogen) atoms. The van der Waals surface area contributed by atoms with E-state index in [0.717, 1.165) is 12.2 Å². The van der Waals surface area contributed by atoms with Crippen LogP contribution in [0.2, 0.25) is 0 Å². The Kier molecular flexibility index (Phi) is 3.97. The zero-order valence-electron chi connectivity index (χ0n) is 13.0. The fraction of sp³-hybridized carbons (Fsp3) is 0.471. The van der Waals surface area contributed by atoms with E-state index < -0.39 is 0 Å². The Morgan fingerprint density at radius 2 is 2.29 bits per heavy atom. The minimum absolute atomic E-state index is 0.288. The van der Waals surface area contributed by atoms with Gasteiger partial charge in [0.15, 0.2) is 0 Å². The molecular formula is C17H23N3O. The molecule has 112 valence electrons. The molecule has 1 aliphatic rings. The van der Waals surface area contributed by atoms with Gasteiger partial charge in [0.05, 0.1) is 13.3 Å². The molecule has 1 unspecified atom stereocenters. The SMILES string of the molecule is COc1cccc([C@H](C)NC2CCCc3c2cnn3C)c1. The van der Waals surface area contributed by atoms with Crippen molar-refractivity contribution in [1.29, 1.82) is 0 Å². The maximum Gasteiger partial charge on any atom is 0.119 e. The van der Waals surface area contributed by atoms with Gasteiger partial charge in [0.25, 0.3) is 0 Å². The molecule has 4 nitrogen and oxygen atoms in total. The second-order valence-electron chi connectivity index (χ2n) is 5.78. The maximum absolute atomic E-state index is 5.31. The fourth-order valence-electron chi connectivity index (χ4n) is 3.19. The predicted molar refractivity (Wildman–Crippen MR) is 83.4 cm³/mol. The third-order valence-corrected chi connectivity index (χ3v) is 4.42. The Labute approximate surface area is 126 Å². The molecule has 0 saturated heterocycles. The van der Waals surface area contributed by atoms with Crippen LogP contribution in [-0.4, -0.2) is 16.9 Å². The number of fused-ring (bicyclic) bond motifs is 1. The summed E-state index contributed by atoms with van der Waals surface area (Å²) in [4.78, 5) is 0. The summed E-state index contributed by atoms with van der Waals surface area (Å²) in [5.74, 6) is 0.909. The zero-order valence-corrected chi connectivity index (χ0v) is 13.0. The maximum atomic E-state index is 5.31. The van der Waals surface area contributed by atoms with Crippen molar-refractivity contribution in [1.82, 2.24) is 15.1 Å². The minimum Gasteiger partial charge on any atom is -0.497 e. The molecule has 0 bridgehead atoms. The summed E-state index contributed by atoms with van der Waals surface area (Å²) in [6, 6.07) is 8.95. The molecule has 2 atom stereocenters. The molecule has 1 aliphatic carbocycles. The molecule has 0 saturated carbocycles. The van der Waals surface area contributed by atoms with Gasteiger partial charge >= 0.3 is 0 Å². The minimum atomic E-state index is 0.288. The molecule has 1 heterocycles. The van der Waals surface area contributed by atoms with E-state index in [2.05, 4.69) is 29.5 Å². The van der Waals surface area contributed by atoms with Crippen LogP contribution in [0.3, 0.4) is 0 Å². The van der Waals surface area contributed by atoms with Gasteiger partial charge in [-0.1, -0.05) is 12.1 Å². The van der Waals surface area contributed by atoms with Gasteiger partial charge in [-0.05, 0) is 43.9 Å². The molecule has 1 aromatic heterocycles. The fourth-order valence-corrected chi connectivity index (χ4v) is 3.19. The largest absolute Gasteiger partial charge is 0.497 e. The van der Waals surface area contributed by atoms with Crippen molar-refractivity contribution in [2.24, 2.45) is 7.05 Å². The van der Waals surface area contributed by atoms with Crippen LogP contribution < -0.4 is 10.1 Å². The average molecular weight is 285 g/mol. The third-order valence-electron chi connectivity index (χ3n) is 4.42. The summed E-state index contributed by atoms with van der Waals surface area (Å²) in [5.41, 5.74) is 3.99. The second kappa shape index (κ2) is 5.90. The highest BCUT2D eigenvalue weighted by atomic mass is 16.5. The first-order chi connectivity index (χ1) is 10.2. The van der Waals surface area contributed by atoms with Gasteiger partial charge in [0, 0.05) is 30.4 Å². The van der Waals surface area contributed by atoms with Gasteiger partial charge in [-0.25, -0.2) is 0 Å². The van der Waals surface area contributed by atoms with Crippen LogP contribution in [0.1, 0.15) is 48.7 Å². The van der Waals surface area contributed by atoms with E-state index in [4.69, 9.17) is 4.74 Å². The molecule has 0 radical (unpaired) electrons. The van der Waals surface area contributed by atoms with E-state index in [1.165, 1.54) is 29.7 Å². The Hall–Kier alpha value is -1.81. The van der Waals surface area contributed by atoms with Gasteiger partial charge in [-0.3, -0.25) is 4.68 Å². The van der Waals surface area contributed by atoms with Gasteiger partial charge in [-0.15, -0.1) is 0 Å². The Morgan fingerprint density at radius 1 is 1.43 bits per heavy atom. The van der Waals surface area contributed by atoms with E-state index in [9.17, 15) is 0 Å². The van der Waals surface area contributed by atoms with Crippen LogP contribution in [0, 0.1) is 0 Å². The lowest BCUT2D eigenvalue weighted by atomic mass is 9.92. The van der Waals surface area contributed by atoms with Crippen molar-refractivity contribution in [3.05, 3.63) is 47.3 Å². The average Bonchev–Trinajstić information content (AvgIpc) is 2.90. The molecule has 1 aromatic carbocycles. The summed E-state index contributed by atoms with van der Waals surface area (Å²) < 4.78 is 7.33. The molecule has 0 amide bonds. The van der Waals surface area contributed by atoms with Gasteiger partial charge in [-0.2, -0.15) is 5.10 Å². The van der Waals surface area contributed by atoms with Crippen LogP contribution in [0.25, 0.3) is 0 Å². The van der Waals surface area contributed by atoms with Crippen molar-refractivity contribution in [3.63, 3.8) is 0 Å². The standard InChI is InChI=1S/C17H23N3O/c1-12(13-6-4-7-14(10-13)21-3)19-16-8-5-9-17-15(16)11-18-20(17)2/h4,6-7,10-12,16,19H,5,8-9H2,1-3H3/t12-,16?/m0/s1. The summed E-state index contributed by atoms with van der Waals surface area (Å²) in [6.07, 6.45) is 5.55. The smallest absolute Gasteiger partial charge is 0.119 e. The molecule has 4 heteroatoms. The van der Waals surface area contributed by atoms with Gasteiger partial charge < -0.3 is 10.1 Å². The Balaban J connectivity index is 1.77. The normalized spacial score (nSPS) is 19.1. The highest BCUT2D eigenvalue weighted by Gasteiger charge is 2.24. The molecule has 0 spiro atoms. The Morgan fingerprint density at radius 3 is 3.10 bits per heavy atom. The number of methoxy groups -OCH3 is 1. The lowest BCUT2D eigenvalue weighted by molar-refractivity contribution is 0.402. The summed E-state index contributed by atoms with van der Waals surface area (Å²) in [6.45, 7) is 2.21. The number of aryl methyl sites for hydroxylation is 1. The monoisotopic (exact) mass is 285 g/mol. The number of aromatic nitrogens is 2. The number of hydrogen-bond donors (Lipinski definition) is 1. The van der Waals surface area contributed by atoms with Crippen molar-refractivity contribution >= 4 is 0 Å². The number of hydrogen-bond acceptors (Lipinski definition) is 3. The quantitative estimate of drug-likeness (QED) is 0.938. The Bertz CT molecular complexity index is 620. The van der Waals surface area contributed by atoms with Crippen molar-refractivity contribution in [3.8, 4) is 5.75 Å². The van der Waals surface area contributed by atoms with Crippen LogP contribution in [-0.2, 0) is 13.5 Å². The van der Waals surface area contributed by atoms with E-state index >= 15 is 0 Å². The van der Waals surface area contributed by atoms with Crippen molar-refractivity contribution in [2.45, 2.75) is 38.3 Å². The van der Waals surface area contributed by atoms with Gasteiger partial charge in [0.2, 0.25) is 0 Å². The highest BCUT2D eigenvalue weighted by Crippen LogP contribution is 2.31. The number of benzene rings is 1. The summed E-state index contributed by atoms with van der Waals surface area (Å²) >= 11 is 0. The number of nitrogens with zero attached hydrogens (tertiary/aromatic N) is 2. The number of rotatable bonds is 4. The first kappa shape index (κ1) is 14.1. The molecule has 0 aliphatic heterocycles. The molecule has 1 N–H and O–H groups in total. The van der Waals surface area contributed by atoms with E-state index in [1.54, 1.807) is 7.11 Å². The first-order valence-corrected chi connectivity index (χ1v) is 7.60. The summed E-state index contributed by atoms with van der Waals surface area (Å²) in [7, 11) is 3.74. The van der Waals surface area contributed by atoms with E-state index in [0.29, 0.717) is 6.04 Å². The highest BCUT2D eigenvalue weighted by molar-refractivity contribution is 5.31. The van der Waals surface area contributed by atoms with Gasteiger partial charge in [0.1, 0.15) is 5.75 Å². The van der Waals surface area contributed by atoms with E-state index in [-0.39, 0.29) is 6.04 Å². The third kappa shape index (κ3) is 2.81. The number of ether oxygens (including phenoxy) is 1. The zero-order chi connectivity index (χ0) is 14.8. The summed E-state index contributed by atoms with van der Waals surface area (Å²) in [5, 5.41) is 8.16. The molecular weight excluding hydrogens is 262 g/mol.